The lowest BCUT2D eigenvalue weighted by molar-refractivity contribution is -0.0425. The Morgan fingerprint density at radius 2 is 2.00 bits per heavy atom. The fraction of sp³-hybridized carbons (Fsp3) is 0.714. The molecule has 3 nitrogen and oxygen atoms in total. The van der Waals surface area contributed by atoms with Crippen LogP contribution in [-0.4, -0.2) is 14.4 Å². The summed E-state index contributed by atoms with van der Waals surface area (Å²) >= 11 is -2.16. The molecule has 0 amide bonds. The largest absolute Gasteiger partial charge is 0.769 e. The van der Waals surface area contributed by atoms with Gasteiger partial charge >= 0.3 is 0 Å². The van der Waals surface area contributed by atoms with Gasteiger partial charge in [0.1, 0.15) is 11.4 Å². The lowest BCUT2D eigenvalue weighted by Crippen LogP contribution is -2.41. The molecule has 18 heavy (non-hydrogen) atoms. The molecule has 1 aliphatic heterocycles. The number of allylic oxidation sites excluding steroid dienone is 4. The van der Waals surface area contributed by atoms with E-state index in [0.717, 1.165) is 24.2 Å². The summed E-state index contributed by atoms with van der Waals surface area (Å²) in [6, 6.07) is 0. The second kappa shape index (κ2) is 4.20. The molecule has 0 radical (unpaired) electrons. The second-order valence-corrected chi connectivity index (χ2v) is 7.35. The lowest BCUT2D eigenvalue weighted by atomic mass is 9.68. The Hall–Kier alpha value is -0.610. The van der Waals surface area contributed by atoms with Crippen molar-refractivity contribution in [3.05, 3.63) is 22.3 Å². The minimum atomic E-state index is -2.16. The molecule has 0 saturated carbocycles. The quantitative estimate of drug-likeness (QED) is 0.686. The summed E-state index contributed by atoms with van der Waals surface area (Å²) in [5, 5.41) is 0. The zero-order chi connectivity index (χ0) is 13.7. The first-order valence-electron chi connectivity index (χ1n) is 6.36. The molecule has 1 aliphatic carbocycles. The van der Waals surface area contributed by atoms with Crippen LogP contribution in [-0.2, 0) is 15.8 Å². The van der Waals surface area contributed by atoms with Crippen molar-refractivity contribution < 1.29 is 13.5 Å². The monoisotopic (exact) mass is 269 g/mol. The van der Waals surface area contributed by atoms with E-state index in [2.05, 4.69) is 13.8 Å². The molecule has 0 bridgehead atoms. The van der Waals surface area contributed by atoms with Gasteiger partial charge in [-0.1, -0.05) is 13.8 Å². The fourth-order valence-corrected chi connectivity index (χ4v) is 4.11. The van der Waals surface area contributed by atoms with Crippen molar-refractivity contribution in [2.24, 2.45) is 11.3 Å². The maximum absolute atomic E-state index is 11.5. The zero-order valence-electron chi connectivity index (χ0n) is 11.7. The van der Waals surface area contributed by atoms with Gasteiger partial charge in [-0.3, -0.25) is 4.21 Å². The third-order valence-corrected chi connectivity index (χ3v) is 5.29. The molecule has 4 heteroatoms. The lowest BCUT2D eigenvalue weighted by Gasteiger charge is -2.48. The molecular weight excluding hydrogens is 248 g/mol. The molecule has 1 saturated heterocycles. The van der Waals surface area contributed by atoms with Crippen molar-refractivity contribution in [1.29, 1.82) is 0 Å². The highest BCUT2D eigenvalue weighted by Crippen LogP contribution is 2.51. The molecule has 2 atom stereocenters. The number of fused-ring (bicyclic) bond motifs is 1. The van der Waals surface area contributed by atoms with Gasteiger partial charge in [0.15, 0.2) is 0 Å². The van der Waals surface area contributed by atoms with E-state index in [1.807, 2.05) is 26.8 Å². The molecule has 1 heterocycles. The average Bonchev–Trinajstić information content (AvgIpc) is 2.12. The highest BCUT2D eigenvalue weighted by molar-refractivity contribution is 7.83. The molecule has 0 N–H and O–H groups in total. The average molecular weight is 269 g/mol. The summed E-state index contributed by atoms with van der Waals surface area (Å²) in [5.74, 6) is 1.12. The molecular formula is C14H21O3S-. The van der Waals surface area contributed by atoms with Crippen molar-refractivity contribution in [2.45, 2.75) is 53.1 Å². The van der Waals surface area contributed by atoms with E-state index in [4.69, 9.17) is 4.74 Å². The topological polar surface area (TPSA) is 49.4 Å². The first-order valence-corrected chi connectivity index (χ1v) is 7.44. The van der Waals surface area contributed by atoms with Crippen LogP contribution < -0.4 is 0 Å². The summed E-state index contributed by atoms with van der Waals surface area (Å²) < 4.78 is 28.9. The van der Waals surface area contributed by atoms with Crippen molar-refractivity contribution >= 4 is 11.1 Å². The number of ether oxygens (including phenoxy) is 1. The van der Waals surface area contributed by atoms with Crippen LogP contribution in [0, 0.1) is 11.3 Å². The zero-order valence-corrected chi connectivity index (χ0v) is 12.5. The third kappa shape index (κ3) is 2.16. The third-order valence-electron chi connectivity index (χ3n) is 4.11. The Kier molecular flexibility index (Phi) is 3.23. The predicted octanol–water partition coefficient (Wildman–Crippen LogP) is 3.27. The second-order valence-electron chi connectivity index (χ2n) is 6.47. The molecule has 1 fully saturated rings. The first-order chi connectivity index (χ1) is 8.15. The van der Waals surface area contributed by atoms with Gasteiger partial charge in [-0.05, 0) is 56.3 Å². The van der Waals surface area contributed by atoms with E-state index < -0.39 is 11.1 Å². The molecule has 0 spiro atoms. The van der Waals surface area contributed by atoms with E-state index in [1.165, 1.54) is 0 Å². The van der Waals surface area contributed by atoms with Crippen LogP contribution >= 0.6 is 0 Å². The van der Waals surface area contributed by atoms with Crippen LogP contribution in [0.1, 0.15) is 47.5 Å². The van der Waals surface area contributed by atoms with Crippen molar-refractivity contribution in [1.82, 2.24) is 0 Å². The van der Waals surface area contributed by atoms with Crippen molar-refractivity contribution in [3.63, 3.8) is 0 Å². The smallest absolute Gasteiger partial charge is 0.103 e. The maximum atomic E-state index is 11.5. The number of hydrogen-bond donors (Lipinski definition) is 0. The van der Waals surface area contributed by atoms with Crippen LogP contribution in [0.4, 0.5) is 0 Å². The molecule has 0 aromatic rings. The summed E-state index contributed by atoms with van der Waals surface area (Å²) in [6.07, 6.45) is 3.83. The number of hydrogen-bond acceptors (Lipinski definition) is 3. The van der Waals surface area contributed by atoms with Crippen LogP contribution in [0.3, 0.4) is 0 Å². The Balaban J connectivity index is 2.49. The number of rotatable bonds is 1. The predicted molar refractivity (Wildman–Crippen MR) is 71.4 cm³/mol. The summed E-state index contributed by atoms with van der Waals surface area (Å²) in [6.45, 7) is 10.0. The highest BCUT2D eigenvalue weighted by Gasteiger charge is 2.45. The standard InChI is InChI=1S/C14H22O3S/c1-9-8-11-10(6-7-13(2,3)17-11)14(4,5)12(9)18(15)16/h8,10H,6-7H2,1-5H3,(H,15,16)/p-1. The van der Waals surface area contributed by atoms with E-state index in [9.17, 15) is 8.76 Å². The first kappa shape index (κ1) is 13.8. The van der Waals surface area contributed by atoms with E-state index in [1.54, 1.807) is 0 Å². The van der Waals surface area contributed by atoms with Gasteiger partial charge in [0.05, 0.1) is 0 Å². The molecule has 0 aromatic carbocycles. The minimum Gasteiger partial charge on any atom is -0.769 e. The Morgan fingerprint density at radius 3 is 2.56 bits per heavy atom. The van der Waals surface area contributed by atoms with Crippen molar-refractivity contribution in [2.75, 3.05) is 0 Å². The normalized spacial score (nSPS) is 31.2. The summed E-state index contributed by atoms with van der Waals surface area (Å²) in [5.41, 5.74) is 0.279. The molecule has 2 aliphatic rings. The molecule has 0 aromatic heterocycles. The Bertz CT molecular complexity index is 458. The van der Waals surface area contributed by atoms with E-state index in [0.29, 0.717) is 4.91 Å². The van der Waals surface area contributed by atoms with Crippen molar-refractivity contribution in [3.8, 4) is 0 Å². The Morgan fingerprint density at radius 1 is 1.39 bits per heavy atom. The maximum Gasteiger partial charge on any atom is 0.103 e. The van der Waals surface area contributed by atoms with Crippen LogP contribution in [0.25, 0.3) is 0 Å². The van der Waals surface area contributed by atoms with Crippen LogP contribution in [0.5, 0.6) is 0 Å². The van der Waals surface area contributed by atoms with Gasteiger partial charge in [0.25, 0.3) is 0 Å². The SMILES string of the molecule is CC1=C(S(=O)[O-])C(C)(C)C2CCC(C)(C)OC2=C1. The molecule has 102 valence electrons. The van der Waals surface area contributed by atoms with E-state index >= 15 is 0 Å². The highest BCUT2D eigenvalue weighted by atomic mass is 32.2. The summed E-state index contributed by atoms with van der Waals surface area (Å²) in [7, 11) is 0. The summed E-state index contributed by atoms with van der Waals surface area (Å²) in [4.78, 5) is 0.527. The van der Waals surface area contributed by atoms with Gasteiger partial charge in [-0.25, -0.2) is 0 Å². The van der Waals surface area contributed by atoms with E-state index in [-0.39, 0.29) is 16.9 Å². The molecule has 2 rings (SSSR count). The van der Waals surface area contributed by atoms with Gasteiger partial charge in [-0.2, -0.15) is 0 Å². The van der Waals surface area contributed by atoms with Gasteiger partial charge in [0.2, 0.25) is 0 Å². The minimum absolute atomic E-state index is 0.146. The Labute approximate surface area is 112 Å². The van der Waals surface area contributed by atoms with Gasteiger partial charge < -0.3 is 9.29 Å². The van der Waals surface area contributed by atoms with Crippen LogP contribution in [0.15, 0.2) is 22.3 Å². The van der Waals surface area contributed by atoms with Gasteiger partial charge in [0, 0.05) is 16.2 Å². The van der Waals surface area contributed by atoms with Crippen LogP contribution in [0.2, 0.25) is 0 Å². The fourth-order valence-electron chi connectivity index (χ4n) is 3.21. The van der Waals surface area contributed by atoms with Gasteiger partial charge in [-0.15, -0.1) is 0 Å². The molecule has 2 unspecified atom stereocenters.